The van der Waals surface area contributed by atoms with Crippen molar-refractivity contribution in [3.05, 3.63) is 0 Å². The van der Waals surface area contributed by atoms with E-state index >= 15 is 0 Å². The average Bonchev–Trinajstić information content (AvgIpc) is 2.66. The van der Waals surface area contributed by atoms with E-state index in [1.165, 1.54) is 0 Å². The molecule has 3 unspecified atom stereocenters. The van der Waals surface area contributed by atoms with Gasteiger partial charge in [-0.2, -0.15) is 0 Å². The first kappa shape index (κ1) is 15.1. The largest absolute Gasteiger partial charge is 0.480 e. The molecule has 5 heteroatoms. The van der Waals surface area contributed by atoms with Crippen molar-refractivity contribution in [2.45, 2.75) is 46.6 Å². The summed E-state index contributed by atoms with van der Waals surface area (Å²) in [5.74, 6) is 0.0865. The molecular weight excluding hydrogens is 256 g/mol. The number of carboxylic acids is 1. The van der Waals surface area contributed by atoms with Crippen LogP contribution in [0.25, 0.3) is 0 Å². The molecule has 2 heterocycles. The summed E-state index contributed by atoms with van der Waals surface area (Å²) in [5.41, 5.74) is -0.364. The fourth-order valence-electron chi connectivity index (χ4n) is 3.53. The molecule has 0 spiro atoms. The first-order chi connectivity index (χ1) is 9.24. The Kier molecular flexibility index (Phi) is 3.98. The molecule has 2 aliphatic heterocycles. The van der Waals surface area contributed by atoms with Gasteiger partial charge in [-0.15, -0.1) is 0 Å². The summed E-state index contributed by atoms with van der Waals surface area (Å²) in [6.07, 6.45) is 1.72. The summed E-state index contributed by atoms with van der Waals surface area (Å²) < 4.78 is 0. The molecule has 2 saturated heterocycles. The van der Waals surface area contributed by atoms with Gasteiger partial charge < -0.3 is 14.9 Å². The number of nitrogens with zero attached hydrogens (tertiary/aromatic N) is 2. The zero-order chi connectivity index (χ0) is 15.1. The van der Waals surface area contributed by atoms with Crippen molar-refractivity contribution >= 4 is 12.0 Å². The van der Waals surface area contributed by atoms with Crippen LogP contribution < -0.4 is 0 Å². The van der Waals surface area contributed by atoms with Gasteiger partial charge in [0, 0.05) is 19.6 Å². The monoisotopic (exact) mass is 282 g/mol. The van der Waals surface area contributed by atoms with E-state index in [-0.39, 0.29) is 11.4 Å². The predicted octanol–water partition coefficient (Wildman–Crippen LogP) is 2.27. The first-order valence-corrected chi connectivity index (χ1v) is 7.52. The number of carbonyl (C=O) groups excluding carboxylic acids is 1. The number of hydrogen-bond donors (Lipinski definition) is 1. The highest BCUT2D eigenvalue weighted by Crippen LogP contribution is 2.36. The number of carbonyl (C=O) groups is 2. The molecule has 20 heavy (non-hydrogen) atoms. The summed E-state index contributed by atoms with van der Waals surface area (Å²) >= 11 is 0. The second kappa shape index (κ2) is 5.26. The lowest BCUT2D eigenvalue weighted by Crippen LogP contribution is -2.59. The topological polar surface area (TPSA) is 60.9 Å². The van der Waals surface area contributed by atoms with Gasteiger partial charge in [0.2, 0.25) is 0 Å². The Labute approximate surface area is 120 Å². The molecule has 114 valence electrons. The minimum Gasteiger partial charge on any atom is -0.480 e. The molecule has 3 atom stereocenters. The summed E-state index contributed by atoms with van der Waals surface area (Å²) in [5, 5.41) is 9.53. The molecule has 0 aliphatic carbocycles. The first-order valence-electron chi connectivity index (χ1n) is 7.52. The highest BCUT2D eigenvalue weighted by molar-refractivity contribution is 5.83. The fraction of sp³-hybridized carbons (Fsp3) is 0.867. The zero-order valence-corrected chi connectivity index (χ0v) is 12.9. The molecule has 0 bridgehead atoms. The van der Waals surface area contributed by atoms with Crippen molar-refractivity contribution < 1.29 is 14.7 Å². The van der Waals surface area contributed by atoms with E-state index in [2.05, 4.69) is 13.8 Å². The van der Waals surface area contributed by atoms with Crippen molar-refractivity contribution in [2.75, 3.05) is 19.6 Å². The number of hydrogen-bond acceptors (Lipinski definition) is 2. The van der Waals surface area contributed by atoms with E-state index in [0.29, 0.717) is 18.4 Å². The fourth-order valence-corrected chi connectivity index (χ4v) is 3.53. The maximum atomic E-state index is 12.7. The van der Waals surface area contributed by atoms with Gasteiger partial charge in [-0.05, 0) is 30.1 Å². The number of urea groups is 1. The molecule has 2 amide bonds. The SMILES string of the molecule is CC1CN(C(=O)N2CCCC(C)(C)C2C(=O)O)CC1C. The van der Waals surface area contributed by atoms with Crippen LogP contribution in [0.5, 0.6) is 0 Å². The van der Waals surface area contributed by atoms with E-state index in [9.17, 15) is 14.7 Å². The number of rotatable bonds is 1. The van der Waals surface area contributed by atoms with Crippen molar-refractivity contribution in [2.24, 2.45) is 17.3 Å². The number of aliphatic carboxylic acids is 1. The van der Waals surface area contributed by atoms with Gasteiger partial charge in [0.05, 0.1) is 0 Å². The molecular formula is C15H26N2O3. The Hall–Kier alpha value is -1.26. The molecule has 0 aromatic carbocycles. The van der Waals surface area contributed by atoms with Gasteiger partial charge >= 0.3 is 12.0 Å². The lowest BCUT2D eigenvalue weighted by atomic mass is 9.76. The van der Waals surface area contributed by atoms with Crippen LogP contribution in [0.4, 0.5) is 4.79 Å². The summed E-state index contributed by atoms with van der Waals surface area (Å²) in [4.78, 5) is 27.7. The van der Waals surface area contributed by atoms with Crippen LogP contribution in [-0.4, -0.2) is 52.6 Å². The van der Waals surface area contributed by atoms with Crippen LogP contribution >= 0.6 is 0 Å². The van der Waals surface area contributed by atoms with Crippen molar-refractivity contribution in [3.8, 4) is 0 Å². The maximum Gasteiger partial charge on any atom is 0.327 e. The highest BCUT2D eigenvalue weighted by Gasteiger charge is 2.46. The normalized spacial score (nSPS) is 33.3. The molecule has 0 aromatic rings. The summed E-state index contributed by atoms with van der Waals surface area (Å²) in [6.45, 7) is 10.2. The predicted molar refractivity (Wildman–Crippen MR) is 76.4 cm³/mol. The minimum absolute atomic E-state index is 0.0959. The molecule has 5 nitrogen and oxygen atoms in total. The second-order valence-corrected chi connectivity index (χ2v) is 7.17. The van der Waals surface area contributed by atoms with Crippen molar-refractivity contribution in [1.82, 2.24) is 9.80 Å². The van der Waals surface area contributed by atoms with E-state index in [1.807, 2.05) is 18.7 Å². The van der Waals surface area contributed by atoms with Crippen LogP contribution in [0.2, 0.25) is 0 Å². The Morgan fingerprint density at radius 2 is 1.70 bits per heavy atom. The number of amides is 2. The quantitative estimate of drug-likeness (QED) is 0.802. The highest BCUT2D eigenvalue weighted by atomic mass is 16.4. The average molecular weight is 282 g/mol. The van der Waals surface area contributed by atoms with Crippen molar-refractivity contribution in [1.29, 1.82) is 0 Å². The van der Waals surface area contributed by atoms with Gasteiger partial charge in [-0.3, -0.25) is 0 Å². The van der Waals surface area contributed by atoms with Crippen LogP contribution in [-0.2, 0) is 4.79 Å². The Bertz CT molecular complexity index is 398. The molecule has 2 aliphatic rings. The van der Waals surface area contributed by atoms with Crippen LogP contribution in [0, 0.1) is 17.3 Å². The van der Waals surface area contributed by atoms with Crippen molar-refractivity contribution in [3.63, 3.8) is 0 Å². The van der Waals surface area contributed by atoms with Gasteiger partial charge in [-0.25, -0.2) is 9.59 Å². The zero-order valence-electron chi connectivity index (χ0n) is 12.9. The van der Waals surface area contributed by atoms with Gasteiger partial charge in [0.1, 0.15) is 6.04 Å². The third-order valence-corrected chi connectivity index (χ3v) is 5.01. The summed E-state index contributed by atoms with van der Waals surface area (Å²) in [6, 6.07) is -0.809. The lowest BCUT2D eigenvalue weighted by Gasteiger charge is -2.45. The second-order valence-electron chi connectivity index (χ2n) is 7.17. The molecule has 0 saturated carbocycles. The third-order valence-electron chi connectivity index (χ3n) is 5.01. The van der Waals surface area contributed by atoms with E-state index in [0.717, 1.165) is 25.9 Å². The number of carboxylic acid groups (broad SMARTS) is 1. The lowest BCUT2D eigenvalue weighted by molar-refractivity contribution is -0.148. The maximum absolute atomic E-state index is 12.7. The summed E-state index contributed by atoms with van der Waals surface area (Å²) in [7, 11) is 0. The van der Waals surface area contributed by atoms with Gasteiger partial charge in [0.25, 0.3) is 0 Å². The standard InChI is InChI=1S/C15H26N2O3/c1-10-8-16(9-11(10)2)14(20)17-7-5-6-15(3,4)12(17)13(18)19/h10-12H,5-9H2,1-4H3,(H,18,19). The molecule has 2 rings (SSSR count). The minimum atomic E-state index is -0.886. The molecule has 0 aromatic heterocycles. The smallest absolute Gasteiger partial charge is 0.327 e. The van der Waals surface area contributed by atoms with E-state index in [4.69, 9.17) is 0 Å². The Morgan fingerprint density at radius 3 is 2.20 bits per heavy atom. The van der Waals surface area contributed by atoms with Gasteiger partial charge in [-0.1, -0.05) is 27.7 Å². The van der Waals surface area contributed by atoms with Crippen LogP contribution in [0.3, 0.4) is 0 Å². The molecule has 0 radical (unpaired) electrons. The van der Waals surface area contributed by atoms with Crippen LogP contribution in [0.1, 0.15) is 40.5 Å². The van der Waals surface area contributed by atoms with Crippen LogP contribution in [0.15, 0.2) is 0 Å². The van der Waals surface area contributed by atoms with E-state index < -0.39 is 12.0 Å². The number of piperidine rings is 1. The van der Waals surface area contributed by atoms with Gasteiger partial charge in [0.15, 0.2) is 0 Å². The third kappa shape index (κ3) is 2.63. The molecule has 2 fully saturated rings. The molecule has 1 N–H and O–H groups in total. The number of likely N-dealkylation sites (tertiary alicyclic amines) is 2. The Balaban J connectivity index is 2.17. The Morgan fingerprint density at radius 1 is 1.15 bits per heavy atom. The van der Waals surface area contributed by atoms with E-state index in [1.54, 1.807) is 4.90 Å².